The molecule has 182 valence electrons. The lowest BCUT2D eigenvalue weighted by molar-refractivity contribution is -0.131. The molecule has 0 bridgehead atoms. The molecule has 0 unspecified atom stereocenters. The van der Waals surface area contributed by atoms with Crippen molar-refractivity contribution in [2.75, 3.05) is 4.90 Å². The van der Waals surface area contributed by atoms with Crippen LogP contribution in [0.2, 0.25) is 0 Å². The number of aromatic nitrogens is 2. The van der Waals surface area contributed by atoms with Gasteiger partial charge in [-0.1, -0.05) is 30.7 Å². The number of alkyl halides is 4. The highest BCUT2D eigenvalue weighted by Crippen LogP contribution is 2.48. The van der Waals surface area contributed by atoms with E-state index < -0.39 is 41.4 Å². The molecule has 2 saturated carbocycles. The number of benzene rings is 1. The second kappa shape index (κ2) is 8.83. The van der Waals surface area contributed by atoms with Gasteiger partial charge in [-0.2, -0.15) is 0 Å². The average molecular weight is 495 g/mol. The monoisotopic (exact) mass is 494 g/mol. The number of hydrogen-bond acceptors (Lipinski definition) is 4. The van der Waals surface area contributed by atoms with Gasteiger partial charge in [0.1, 0.15) is 6.33 Å². The fraction of sp³-hybridized carbons (Fsp3) is 0.500. The summed E-state index contributed by atoms with van der Waals surface area (Å²) in [5.74, 6) is -4.80. The summed E-state index contributed by atoms with van der Waals surface area (Å²) in [6, 6.07) is 6.14. The van der Waals surface area contributed by atoms with Crippen LogP contribution in [0.4, 0.5) is 18.9 Å². The van der Waals surface area contributed by atoms with Gasteiger partial charge in [-0.3, -0.25) is 14.5 Å². The van der Waals surface area contributed by atoms with E-state index in [1.165, 1.54) is 25.6 Å². The number of nitrogens with zero attached hydrogens (tertiary/aromatic N) is 3. The first-order valence-electron chi connectivity index (χ1n) is 11.1. The fourth-order valence-corrected chi connectivity index (χ4v) is 4.60. The predicted octanol–water partition coefficient (Wildman–Crippen LogP) is 4.61. The quantitative estimate of drug-likeness (QED) is 0.570. The predicted molar refractivity (Wildman–Crippen MR) is 121 cm³/mol. The highest BCUT2D eigenvalue weighted by atomic mass is 35.5. The number of carbonyl (C=O) groups excluding carboxylic acids is 2. The number of rotatable bonds is 7. The van der Waals surface area contributed by atoms with Gasteiger partial charge in [0.15, 0.2) is 5.54 Å². The lowest BCUT2D eigenvalue weighted by atomic mass is 9.89. The van der Waals surface area contributed by atoms with Crippen LogP contribution in [0, 0.1) is 0 Å². The van der Waals surface area contributed by atoms with Gasteiger partial charge in [0.2, 0.25) is 5.92 Å². The maximum atomic E-state index is 14.2. The summed E-state index contributed by atoms with van der Waals surface area (Å²) in [6.07, 6.45) is 5.21. The van der Waals surface area contributed by atoms with Crippen molar-refractivity contribution in [1.29, 1.82) is 0 Å². The van der Waals surface area contributed by atoms with Crippen LogP contribution in [-0.2, 0) is 20.5 Å². The zero-order valence-electron chi connectivity index (χ0n) is 18.9. The molecule has 0 radical (unpaired) electrons. The van der Waals surface area contributed by atoms with Gasteiger partial charge in [-0.05, 0) is 49.3 Å². The highest BCUT2D eigenvalue weighted by molar-refractivity contribution is 6.32. The second-order valence-electron chi connectivity index (χ2n) is 9.55. The maximum absolute atomic E-state index is 14.2. The van der Waals surface area contributed by atoms with Gasteiger partial charge in [0.25, 0.3) is 17.4 Å². The standard InChI is InChI=1S/C24H26ClF3N4O2/c1-22(9-10-22)15-3-5-18(6-4-15)32(20(33)19(25)26)23(2,16-12-29-14-30-13-16)21(34)31-17-7-8-24(27,28)11-17/h3-6,12-14,17,19H,7-11H2,1-2H3,(H,31,34)/t17-,19-,23+/m0/s1. The Balaban J connectivity index is 1.77. The summed E-state index contributed by atoms with van der Waals surface area (Å²) in [5, 5.41) is 2.63. The lowest BCUT2D eigenvalue weighted by Gasteiger charge is -2.40. The van der Waals surface area contributed by atoms with Crippen molar-refractivity contribution in [2.45, 2.75) is 74.5 Å². The SMILES string of the molecule is CC1(c2ccc(N(C(=O)[C@H](F)Cl)[C@@](C)(C(=O)N[C@H]3CCC(F)(F)C3)c3cncnc3)cc2)CC1. The number of carbonyl (C=O) groups is 2. The first-order chi connectivity index (χ1) is 16.0. The Kier molecular flexibility index (Phi) is 6.35. The van der Waals surface area contributed by atoms with Crippen LogP contribution in [0.1, 0.15) is 57.1 Å². The van der Waals surface area contributed by atoms with Crippen molar-refractivity contribution >= 4 is 29.1 Å². The summed E-state index contributed by atoms with van der Waals surface area (Å²) in [6.45, 7) is 3.53. The summed E-state index contributed by atoms with van der Waals surface area (Å²) in [5.41, 5.74) is -2.76. The van der Waals surface area contributed by atoms with Gasteiger partial charge in [0, 0.05) is 42.5 Å². The largest absolute Gasteiger partial charge is 0.351 e. The van der Waals surface area contributed by atoms with E-state index in [1.807, 2.05) is 12.1 Å². The normalized spacial score (nSPS) is 22.9. The minimum atomic E-state index is -2.88. The molecule has 1 aromatic heterocycles. The van der Waals surface area contributed by atoms with Crippen molar-refractivity contribution in [3.63, 3.8) is 0 Å². The minimum Gasteiger partial charge on any atom is -0.351 e. The van der Waals surface area contributed by atoms with Gasteiger partial charge in [-0.25, -0.2) is 23.1 Å². The smallest absolute Gasteiger partial charge is 0.278 e. The van der Waals surface area contributed by atoms with E-state index in [-0.39, 0.29) is 29.5 Å². The molecule has 1 N–H and O–H groups in total. The van der Waals surface area contributed by atoms with Gasteiger partial charge >= 0.3 is 0 Å². The average Bonchev–Trinajstić information content (AvgIpc) is 3.47. The third-order valence-electron chi connectivity index (χ3n) is 6.98. The Labute approximate surface area is 200 Å². The fourth-order valence-electron chi connectivity index (χ4n) is 4.50. The van der Waals surface area contributed by atoms with Gasteiger partial charge in [0.05, 0.1) is 0 Å². The molecular formula is C24H26ClF3N4O2. The number of anilines is 1. The van der Waals surface area contributed by atoms with Crippen LogP contribution in [0.5, 0.6) is 0 Å². The summed E-state index contributed by atoms with van der Waals surface area (Å²) in [4.78, 5) is 35.6. The van der Waals surface area contributed by atoms with E-state index in [0.717, 1.165) is 23.3 Å². The maximum Gasteiger partial charge on any atom is 0.278 e. The Hall–Kier alpha value is -2.68. The zero-order chi connectivity index (χ0) is 24.7. The van der Waals surface area contributed by atoms with Crippen LogP contribution in [0.15, 0.2) is 43.0 Å². The van der Waals surface area contributed by atoms with E-state index in [0.29, 0.717) is 0 Å². The first kappa shape index (κ1) is 24.4. The minimum absolute atomic E-state index is 0.0597. The van der Waals surface area contributed by atoms with Gasteiger partial charge < -0.3 is 5.32 Å². The Bertz CT molecular complexity index is 1060. The van der Waals surface area contributed by atoms with Crippen molar-refractivity contribution in [2.24, 2.45) is 0 Å². The molecule has 0 saturated heterocycles. The van der Waals surface area contributed by atoms with Crippen molar-refractivity contribution in [3.8, 4) is 0 Å². The highest BCUT2D eigenvalue weighted by Gasteiger charge is 2.49. The summed E-state index contributed by atoms with van der Waals surface area (Å²) >= 11 is 5.57. The van der Waals surface area contributed by atoms with Crippen LogP contribution in [0.25, 0.3) is 0 Å². The van der Waals surface area contributed by atoms with E-state index in [9.17, 15) is 22.8 Å². The molecule has 2 aromatic rings. The molecule has 2 aliphatic carbocycles. The molecule has 2 fully saturated rings. The molecule has 0 spiro atoms. The van der Waals surface area contributed by atoms with Crippen LogP contribution < -0.4 is 10.2 Å². The van der Waals surface area contributed by atoms with E-state index in [4.69, 9.17) is 11.6 Å². The van der Waals surface area contributed by atoms with Crippen molar-refractivity contribution in [3.05, 3.63) is 54.1 Å². The van der Waals surface area contributed by atoms with Crippen LogP contribution in [-0.4, -0.2) is 39.4 Å². The van der Waals surface area contributed by atoms with E-state index in [1.54, 1.807) is 12.1 Å². The molecule has 1 heterocycles. The molecule has 10 heteroatoms. The number of nitrogens with one attached hydrogen (secondary N) is 1. The Morgan fingerprint density at radius 2 is 1.79 bits per heavy atom. The topological polar surface area (TPSA) is 75.2 Å². The molecule has 2 amide bonds. The third kappa shape index (κ3) is 4.62. The molecule has 2 aliphatic rings. The molecule has 4 rings (SSSR count). The molecule has 6 nitrogen and oxygen atoms in total. The number of hydrogen-bond donors (Lipinski definition) is 1. The van der Waals surface area contributed by atoms with Crippen LogP contribution in [0.3, 0.4) is 0 Å². The lowest BCUT2D eigenvalue weighted by Crippen LogP contribution is -2.59. The Morgan fingerprint density at radius 1 is 1.18 bits per heavy atom. The number of halogens is 4. The molecular weight excluding hydrogens is 469 g/mol. The third-order valence-corrected chi connectivity index (χ3v) is 7.17. The van der Waals surface area contributed by atoms with Crippen molar-refractivity contribution < 1.29 is 22.8 Å². The van der Waals surface area contributed by atoms with E-state index in [2.05, 4.69) is 22.2 Å². The molecule has 0 aliphatic heterocycles. The zero-order valence-corrected chi connectivity index (χ0v) is 19.7. The summed E-state index contributed by atoms with van der Waals surface area (Å²) in [7, 11) is 0. The molecule has 1 aromatic carbocycles. The van der Waals surface area contributed by atoms with Crippen LogP contribution >= 0.6 is 11.6 Å². The molecule has 3 atom stereocenters. The van der Waals surface area contributed by atoms with Gasteiger partial charge in [-0.15, -0.1) is 0 Å². The first-order valence-corrected chi connectivity index (χ1v) is 11.6. The Morgan fingerprint density at radius 3 is 2.29 bits per heavy atom. The summed E-state index contributed by atoms with van der Waals surface area (Å²) < 4.78 is 41.8. The molecule has 34 heavy (non-hydrogen) atoms. The van der Waals surface area contributed by atoms with Crippen molar-refractivity contribution in [1.82, 2.24) is 15.3 Å². The van der Waals surface area contributed by atoms with E-state index >= 15 is 0 Å². The number of amides is 2. The second-order valence-corrected chi connectivity index (χ2v) is 9.93.